The second-order valence-electron chi connectivity index (χ2n) is 8.15. The molecule has 2 nitrogen and oxygen atoms in total. The number of fused-ring (bicyclic) bond motifs is 1. The molecule has 0 aromatic heterocycles. The largest absolute Gasteiger partial charge is 0.347 e. The Morgan fingerprint density at radius 1 is 0.759 bits per heavy atom. The number of likely N-dealkylation sites (N-methyl/N-ethyl adjacent to an activating group) is 1. The Hall–Kier alpha value is -3.13. The summed E-state index contributed by atoms with van der Waals surface area (Å²) < 4.78 is 2.11. The van der Waals surface area contributed by atoms with E-state index in [1.54, 1.807) is 0 Å². The third kappa shape index (κ3) is 3.75. The minimum Gasteiger partial charge on any atom is -0.347 e. The van der Waals surface area contributed by atoms with Crippen molar-refractivity contribution >= 4 is 11.9 Å². The van der Waals surface area contributed by atoms with Crippen molar-refractivity contribution in [2.75, 3.05) is 26.0 Å². The van der Waals surface area contributed by atoms with E-state index in [1.165, 1.54) is 28.1 Å². The van der Waals surface area contributed by atoms with E-state index >= 15 is 0 Å². The van der Waals surface area contributed by atoms with Crippen molar-refractivity contribution < 1.29 is 4.58 Å². The van der Waals surface area contributed by atoms with E-state index in [1.807, 2.05) is 0 Å². The second kappa shape index (κ2) is 8.08. The predicted octanol–water partition coefficient (Wildman–Crippen LogP) is 5.09. The Morgan fingerprint density at radius 2 is 1.28 bits per heavy atom. The first-order chi connectivity index (χ1) is 14.1. The summed E-state index contributed by atoms with van der Waals surface area (Å²) in [6.07, 6.45) is 6.41. The fourth-order valence-corrected chi connectivity index (χ4v) is 4.57. The van der Waals surface area contributed by atoms with Crippen LogP contribution < -0.4 is 4.90 Å². The average Bonchev–Trinajstić information content (AvgIpc) is 2.96. The number of hydrogen-bond acceptors (Lipinski definition) is 1. The minimum atomic E-state index is -0.111. The lowest BCUT2D eigenvalue weighted by Crippen LogP contribution is -2.35. The lowest BCUT2D eigenvalue weighted by molar-refractivity contribution is -0.458. The molecule has 0 N–H and O–H groups in total. The number of nitrogens with zero attached hydrogens (tertiary/aromatic N) is 2. The molecule has 2 heteroatoms. The van der Waals surface area contributed by atoms with Crippen LogP contribution in [0.15, 0.2) is 96.7 Å². The summed E-state index contributed by atoms with van der Waals surface area (Å²) >= 11 is 0. The van der Waals surface area contributed by atoms with Crippen molar-refractivity contribution in [3.8, 4) is 0 Å². The summed E-state index contributed by atoms with van der Waals surface area (Å²) in [5.74, 6) is 0. The Labute approximate surface area is 174 Å². The number of anilines is 1. The highest BCUT2D eigenvalue weighted by atomic mass is 15.2. The van der Waals surface area contributed by atoms with Gasteiger partial charge in [-0.15, -0.1) is 0 Å². The molecule has 3 aromatic carbocycles. The molecule has 4 rings (SSSR count). The SMILES string of the molecule is CN1C(=CC=[N+](C)C)C(Cc2ccccc2)(Cc2ccccc2)c2ccccc21. The topological polar surface area (TPSA) is 6.25 Å². The molecular weight excluding hydrogens is 352 g/mol. The molecule has 0 saturated heterocycles. The number of allylic oxidation sites excluding steroid dienone is 2. The minimum absolute atomic E-state index is 0.111. The normalized spacial score (nSPS) is 16.0. The van der Waals surface area contributed by atoms with Crippen molar-refractivity contribution in [1.82, 2.24) is 0 Å². The van der Waals surface area contributed by atoms with E-state index in [-0.39, 0.29) is 5.41 Å². The zero-order valence-electron chi connectivity index (χ0n) is 17.5. The number of rotatable bonds is 5. The zero-order valence-corrected chi connectivity index (χ0v) is 17.5. The van der Waals surface area contributed by atoms with Gasteiger partial charge < -0.3 is 4.90 Å². The molecule has 0 radical (unpaired) electrons. The van der Waals surface area contributed by atoms with Crippen LogP contribution in [0.3, 0.4) is 0 Å². The third-order valence-corrected chi connectivity index (χ3v) is 5.86. The van der Waals surface area contributed by atoms with Crippen molar-refractivity contribution in [2.45, 2.75) is 18.3 Å². The Morgan fingerprint density at radius 3 is 1.83 bits per heavy atom. The van der Waals surface area contributed by atoms with Gasteiger partial charge in [0.25, 0.3) is 0 Å². The van der Waals surface area contributed by atoms with Crippen LogP contribution in [0.25, 0.3) is 0 Å². The quantitative estimate of drug-likeness (QED) is 0.441. The van der Waals surface area contributed by atoms with Gasteiger partial charge in [0.15, 0.2) is 6.21 Å². The fourth-order valence-electron chi connectivity index (χ4n) is 4.57. The summed E-state index contributed by atoms with van der Waals surface area (Å²) in [5, 5.41) is 0. The van der Waals surface area contributed by atoms with Gasteiger partial charge in [-0.1, -0.05) is 78.9 Å². The molecule has 1 aliphatic rings. The van der Waals surface area contributed by atoms with Gasteiger partial charge in [-0.05, 0) is 35.6 Å². The molecule has 0 spiro atoms. The van der Waals surface area contributed by atoms with Gasteiger partial charge in [0.05, 0.1) is 0 Å². The van der Waals surface area contributed by atoms with E-state index < -0.39 is 0 Å². The first-order valence-electron chi connectivity index (χ1n) is 10.2. The molecular formula is C27H29N2+. The van der Waals surface area contributed by atoms with Crippen molar-refractivity contribution in [3.63, 3.8) is 0 Å². The van der Waals surface area contributed by atoms with Crippen LogP contribution in [0, 0.1) is 0 Å². The van der Waals surface area contributed by atoms with E-state index in [0.717, 1.165) is 12.8 Å². The van der Waals surface area contributed by atoms with Gasteiger partial charge in [0.1, 0.15) is 14.1 Å². The molecule has 29 heavy (non-hydrogen) atoms. The fraction of sp³-hybridized carbons (Fsp3) is 0.222. The standard InChI is InChI=1S/C27H29N2/c1-28(2)19-18-26-27(20-22-12-6-4-7-13-22,21-23-14-8-5-9-15-23)24-16-10-11-17-25(24)29(26)3/h4-19H,20-21H2,1-3H3/q+1. The van der Waals surface area contributed by atoms with Gasteiger partial charge >= 0.3 is 0 Å². The van der Waals surface area contributed by atoms with Gasteiger partial charge in [-0.25, -0.2) is 4.58 Å². The van der Waals surface area contributed by atoms with Crippen molar-refractivity contribution in [2.24, 2.45) is 0 Å². The van der Waals surface area contributed by atoms with E-state index in [0.29, 0.717) is 0 Å². The summed E-state index contributed by atoms with van der Waals surface area (Å²) in [4.78, 5) is 2.38. The van der Waals surface area contributed by atoms with Gasteiger partial charge in [0.2, 0.25) is 0 Å². The lowest BCUT2D eigenvalue weighted by atomic mass is 9.70. The molecule has 0 fully saturated rings. The molecule has 0 saturated carbocycles. The van der Waals surface area contributed by atoms with Gasteiger partial charge in [-0.3, -0.25) is 0 Å². The van der Waals surface area contributed by atoms with E-state index in [4.69, 9.17) is 0 Å². The summed E-state index contributed by atoms with van der Waals surface area (Å²) in [7, 11) is 6.36. The van der Waals surface area contributed by atoms with Crippen LogP contribution in [0.1, 0.15) is 16.7 Å². The molecule has 0 bridgehead atoms. The molecule has 0 aliphatic carbocycles. The molecule has 3 aromatic rings. The molecule has 1 heterocycles. The Balaban J connectivity index is 1.94. The Kier molecular flexibility index (Phi) is 5.35. The average molecular weight is 382 g/mol. The second-order valence-corrected chi connectivity index (χ2v) is 8.15. The molecule has 0 atom stereocenters. The van der Waals surface area contributed by atoms with Gasteiger partial charge in [0, 0.05) is 29.9 Å². The van der Waals surface area contributed by atoms with Gasteiger partial charge in [-0.2, -0.15) is 0 Å². The smallest absolute Gasteiger partial charge is 0.164 e. The number of hydrogen-bond donors (Lipinski definition) is 0. The summed E-state index contributed by atoms with van der Waals surface area (Å²) in [6, 6.07) is 30.7. The Bertz CT molecular complexity index is 987. The van der Waals surface area contributed by atoms with E-state index in [9.17, 15) is 0 Å². The van der Waals surface area contributed by atoms with Crippen LogP contribution >= 0.6 is 0 Å². The maximum absolute atomic E-state index is 2.38. The van der Waals surface area contributed by atoms with Crippen LogP contribution in [0.5, 0.6) is 0 Å². The third-order valence-electron chi connectivity index (χ3n) is 5.86. The highest BCUT2D eigenvalue weighted by Crippen LogP contribution is 2.50. The first-order valence-corrected chi connectivity index (χ1v) is 10.2. The molecule has 1 aliphatic heterocycles. The molecule has 146 valence electrons. The van der Waals surface area contributed by atoms with Crippen molar-refractivity contribution in [1.29, 1.82) is 0 Å². The maximum Gasteiger partial charge on any atom is 0.164 e. The molecule has 0 unspecified atom stereocenters. The number of para-hydroxylation sites is 1. The lowest BCUT2D eigenvalue weighted by Gasteiger charge is -2.33. The number of benzene rings is 3. The highest BCUT2D eigenvalue weighted by molar-refractivity contribution is 5.78. The summed E-state index contributed by atoms with van der Waals surface area (Å²) in [6.45, 7) is 0. The zero-order chi connectivity index (χ0) is 20.3. The first kappa shape index (κ1) is 19.2. The van der Waals surface area contributed by atoms with E-state index in [2.05, 4.69) is 128 Å². The maximum atomic E-state index is 2.38. The monoisotopic (exact) mass is 381 g/mol. The summed E-state index contributed by atoms with van der Waals surface area (Å²) in [5.41, 5.74) is 6.68. The highest BCUT2D eigenvalue weighted by Gasteiger charge is 2.46. The van der Waals surface area contributed by atoms with Crippen LogP contribution in [-0.4, -0.2) is 31.9 Å². The molecule has 0 amide bonds. The van der Waals surface area contributed by atoms with Crippen LogP contribution in [0.2, 0.25) is 0 Å². The predicted molar refractivity (Wildman–Crippen MR) is 123 cm³/mol. The van der Waals surface area contributed by atoms with Crippen molar-refractivity contribution in [3.05, 3.63) is 113 Å². The van der Waals surface area contributed by atoms with Crippen LogP contribution in [0.4, 0.5) is 5.69 Å². The van der Waals surface area contributed by atoms with Crippen LogP contribution in [-0.2, 0) is 18.3 Å².